The molecule has 0 unspecified atom stereocenters. The number of nitrogens with zero attached hydrogens (tertiary/aromatic N) is 5. The van der Waals surface area contributed by atoms with Crippen molar-refractivity contribution in [3.63, 3.8) is 0 Å². The van der Waals surface area contributed by atoms with Crippen molar-refractivity contribution in [2.24, 2.45) is 62.0 Å². The Morgan fingerprint density at radius 2 is 0.802 bits per heavy atom. The van der Waals surface area contributed by atoms with Gasteiger partial charge in [-0.15, -0.1) is 0 Å². The molecule has 0 aromatic carbocycles. The smallest absolute Gasteiger partial charge is 0.326 e. The van der Waals surface area contributed by atoms with E-state index in [2.05, 4.69) is 98.4 Å². The molecule has 0 bridgehead atoms. The number of unbranched alkanes of at least 4 members (excludes halogenated alkanes) is 1. The van der Waals surface area contributed by atoms with Crippen LogP contribution in [0.5, 0.6) is 0 Å². The lowest BCUT2D eigenvalue weighted by Crippen LogP contribution is -2.61. The van der Waals surface area contributed by atoms with E-state index in [-0.39, 0.29) is 120 Å². The van der Waals surface area contributed by atoms with Crippen LogP contribution in [-0.4, -0.2) is 227 Å². The summed E-state index contributed by atoms with van der Waals surface area (Å²) in [6.45, 7) is 9.58. The Morgan fingerprint density at radius 1 is 0.434 bits per heavy atom. The lowest BCUT2D eigenvalue weighted by Gasteiger charge is -2.28. The molecular formula is C64H106N26O16. The molecular weight excluding hydrogens is 1390 g/mol. The number of carboxylic acids is 2. The third-order valence-corrected chi connectivity index (χ3v) is 16.5. The molecule has 0 aliphatic rings. The highest BCUT2D eigenvalue weighted by atomic mass is 16.4. The number of H-pyrrole nitrogens is 3. The van der Waals surface area contributed by atoms with E-state index in [1.807, 2.05) is 0 Å². The number of primary amides is 1. The number of hydrogen-bond acceptors (Lipinski definition) is 21. The van der Waals surface area contributed by atoms with Gasteiger partial charge in [0, 0.05) is 80.9 Å². The molecule has 3 aromatic rings. The van der Waals surface area contributed by atoms with Crippen LogP contribution in [0.3, 0.4) is 0 Å². The lowest BCUT2D eigenvalue weighted by atomic mass is 9.97. The topological polar surface area (TPSA) is 705 Å². The number of guanidine groups is 2. The van der Waals surface area contributed by atoms with Gasteiger partial charge in [0.05, 0.1) is 25.0 Å². The molecule has 12 amide bonds. The molecule has 42 heteroatoms. The molecule has 0 aliphatic heterocycles. The van der Waals surface area contributed by atoms with Gasteiger partial charge in [-0.25, -0.2) is 19.7 Å². The summed E-state index contributed by atoms with van der Waals surface area (Å²) in [5.41, 5.74) is 40.3. The van der Waals surface area contributed by atoms with E-state index >= 15 is 0 Å². The summed E-state index contributed by atoms with van der Waals surface area (Å²) in [4.78, 5) is 219. The van der Waals surface area contributed by atoms with Gasteiger partial charge in [-0.3, -0.25) is 72.3 Å². The first-order valence-corrected chi connectivity index (χ1v) is 34.7. The Labute approximate surface area is 611 Å². The van der Waals surface area contributed by atoms with Gasteiger partial charge in [0.2, 0.25) is 70.9 Å². The summed E-state index contributed by atoms with van der Waals surface area (Å²) in [5.74, 6) is -15.1. The average molecular weight is 1500 g/mol. The highest BCUT2D eigenvalue weighted by molar-refractivity contribution is 5.99. The molecule has 106 heavy (non-hydrogen) atoms. The van der Waals surface area contributed by atoms with Crippen LogP contribution in [0, 0.1) is 11.8 Å². The summed E-state index contributed by atoms with van der Waals surface area (Å²) in [6, 6.07) is -17.4. The van der Waals surface area contributed by atoms with E-state index in [1.165, 1.54) is 51.4 Å². The first-order chi connectivity index (χ1) is 50.1. The number of nitrogens with two attached hydrogens (primary N) is 7. The van der Waals surface area contributed by atoms with Gasteiger partial charge in [-0.05, 0) is 96.4 Å². The molecule has 3 heterocycles. The molecule has 0 saturated heterocycles. The van der Waals surface area contributed by atoms with Crippen molar-refractivity contribution in [2.45, 2.75) is 217 Å². The molecule has 13 atom stereocenters. The summed E-state index contributed by atoms with van der Waals surface area (Å²) >= 11 is 0. The minimum atomic E-state index is -1.73. The second kappa shape index (κ2) is 46.4. The van der Waals surface area contributed by atoms with Crippen LogP contribution in [0.4, 0.5) is 0 Å². The van der Waals surface area contributed by atoms with Crippen LogP contribution in [0.15, 0.2) is 47.6 Å². The molecule has 588 valence electrons. The summed E-state index contributed by atoms with van der Waals surface area (Å²) < 4.78 is 0. The number of amides is 12. The molecule has 0 aliphatic carbocycles. The largest absolute Gasteiger partial charge is 0.481 e. The molecule has 0 spiro atoms. The molecule has 3 rings (SSSR count). The normalized spacial score (nSPS) is 14.8. The van der Waals surface area contributed by atoms with E-state index < -0.39 is 174 Å². The van der Waals surface area contributed by atoms with E-state index in [9.17, 15) is 77.3 Å². The number of aliphatic carboxylic acids is 2. The zero-order valence-electron chi connectivity index (χ0n) is 60.4. The highest BCUT2D eigenvalue weighted by Crippen LogP contribution is 2.14. The molecule has 42 nitrogen and oxygen atoms in total. The predicted molar refractivity (Wildman–Crippen MR) is 382 cm³/mol. The van der Waals surface area contributed by atoms with Gasteiger partial charge in [-0.1, -0.05) is 34.1 Å². The van der Waals surface area contributed by atoms with Crippen molar-refractivity contribution in [2.75, 3.05) is 19.6 Å². The number of carboxylic acid groups (broad SMARTS) is 2. The Bertz CT molecular complexity index is 3420. The second-order valence-corrected chi connectivity index (χ2v) is 25.9. The fourth-order valence-corrected chi connectivity index (χ4v) is 10.4. The highest BCUT2D eigenvalue weighted by Gasteiger charge is 2.37. The maximum Gasteiger partial charge on any atom is 0.326 e. The number of nitrogens with one attached hydrogen (secondary N) is 14. The fourth-order valence-electron chi connectivity index (χ4n) is 10.4. The van der Waals surface area contributed by atoms with Gasteiger partial charge >= 0.3 is 11.9 Å². The number of aliphatic imine (C=N–C) groups is 2. The minimum absolute atomic E-state index is 0.000478. The van der Waals surface area contributed by atoms with Gasteiger partial charge < -0.3 is 124 Å². The number of imidazole rings is 3. The van der Waals surface area contributed by atoms with E-state index in [0.29, 0.717) is 24.2 Å². The quantitative estimate of drug-likeness (QED) is 0.0142. The van der Waals surface area contributed by atoms with Crippen LogP contribution in [0.25, 0.3) is 0 Å². The molecule has 30 N–H and O–H groups in total. The Balaban J connectivity index is 1.88. The van der Waals surface area contributed by atoms with Gasteiger partial charge in [0.15, 0.2) is 11.9 Å². The van der Waals surface area contributed by atoms with Crippen molar-refractivity contribution in [1.29, 1.82) is 0 Å². The maximum atomic E-state index is 14.5. The Kier molecular flexibility index (Phi) is 38.9. The van der Waals surface area contributed by atoms with Crippen molar-refractivity contribution in [1.82, 2.24) is 88.4 Å². The monoisotopic (exact) mass is 1490 g/mol. The van der Waals surface area contributed by atoms with Gasteiger partial charge in [0.1, 0.15) is 66.5 Å². The number of carbonyl (C=O) groups is 14. The number of aromatic nitrogens is 6. The summed E-state index contributed by atoms with van der Waals surface area (Å²) in [5, 5.41) is 47.7. The number of hydrogen-bond donors (Lipinski definition) is 23. The molecule has 0 saturated carbocycles. The zero-order valence-corrected chi connectivity index (χ0v) is 60.4. The van der Waals surface area contributed by atoms with E-state index in [0.717, 1.165) is 0 Å². The Hall–Kier alpha value is -11.3. The first kappa shape index (κ1) is 88.9. The van der Waals surface area contributed by atoms with Crippen LogP contribution < -0.4 is 98.6 Å². The standard InChI is InChI=1S/C64H106N26O16/c1-7-33(4)50(90-57(100)42(15-17-48(67)91)83-53(96)39(66)23-36-26-72-29-77-36)61(104)81-35(6)52(95)87-46(24-37-27-73-30-78-37)59(102)84-40(12-8-9-19-65)54(97)80-34(5)51(94)82-43(16-18-49(92)93)56(99)89-47(25-38-28-74-31-79-38)60(103)85-41(13-10-20-75-63(68)69)55(98)88-45(22-32(2)3)58(101)86-44(62(105)106)14-11-21-76-64(70)71/h26-35,39-47,50H,7-25,65-66H2,1-6H3,(H2,67,91)(H,72,77)(H,73,78)(H,74,79)(H,80,97)(H,81,104)(H,82,94)(H,83,96)(H,84,102)(H,85,103)(H,86,101)(H,87,95)(H,88,98)(H,89,99)(H,90,100)(H,92,93)(H,105,106)(H4,68,69,75)(H4,70,71,76)/t33-,34-,35-,39-,40-,41-,42-,43-,44-,45-,46-,47-,50-/m0/s1. The predicted octanol–water partition coefficient (Wildman–Crippen LogP) is -6.87. The Morgan fingerprint density at radius 3 is 1.24 bits per heavy atom. The second-order valence-electron chi connectivity index (χ2n) is 25.9. The van der Waals surface area contributed by atoms with E-state index in [1.54, 1.807) is 27.7 Å². The first-order valence-electron chi connectivity index (χ1n) is 34.7. The molecule has 3 aromatic heterocycles. The van der Waals surface area contributed by atoms with Crippen molar-refractivity contribution in [3.05, 3.63) is 54.7 Å². The summed E-state index contributed by atoms with van der Waals surface area (Å²) in [7, 11) is 0. The third kappa shape index (κ3) is 33.4. The fraction of sp³-hybridized carbons (Fsp3) is 0.609. The average Bonchev–Trinajstić information content (AvgIpc) is 1.25. The van der Waals surface area contributed by atoms with Crippen molar-refractivity contribution < 1.29 is 77.3 Å². The van der Waals surface area contributed by atoms with Gasteiger partial charge in [-0.2, -0.15) is 0 Å². The minimum Gasteiger partial charge on any atom is -0.481 e. The third-order valence-electron chi connectivity index (χ3n) is 16.5. The van der Waals surface area contributed by atoms with Crippen LogP contribution in [0.1, 0.15) is 142 Å². The number of aromatic amines is 3. The van der Waals surface area contributed by atoms with Crippen LogP contribution in [0.2, 0.25) is 0 Å². The number of rotatable bonds is 51. The zero-order chi connectivity index (χ0) is 79.2. The van der Waals surface area contributed by atoms with Crippen LogP contribution >= 0.6 is 0 Å². The van der Waals surface area contributed by atoms with Crippen molar-refractivity contribution >= 4 is 94.7 Å². The lowest BCUT2D eigenvalue weighted by molar-refractivity contribution is -0.142. The van der Waals surface area contributed by atoms with Gasteiger partial charge in [0.25, 0.3) is 0 Å². The summed E-state index contributed by atoms with van der Waals surface area (Å²) in [6.07, 6.45) is 6.45. The SMILES string of the molecule is CC[C@H](C)[C@H](NC(=O)[C@H](CCC(N)=O)NC(=O)[C@@H](N)Cc1cnc[nH]1)C(=O)N[C@@H](C)C(=O)N[C@@H](Cc1cnc[nH]1)C(=O)N[C@@H](CCCCN)C(=O)N[C@@H](C)C(=O)N[C@@H](CCC(=O)O)C(=O)N[C@@H](Cc1cnc[nH]1)C(=O)N[C@@H](CCCN=C(N)N)C(=O)N[C@@H](CC(C)C)C(=O)N[C@@H](CCCN=C(N)N)C(=O)O. The van der Waals surface area contributed by atoms with E-state index in [4.69, 9.17) is 40.1 Å². The van der Waals surface area contributed by atoms with Crippen molar-refractivity contribution in [3.8, 4) is 0 Å². The number of carbonyl (C=O) groups excluding carboxylic acids is 12. The maximum absolute atomic E-state index is 14.5. The molecule has 0 radical (unpaired) electrons. The molecule has 0 fully saturated rings. The van der Waals surface area contributed by atoms with Crippen LogP contribution in [-0.2, 0) is 86.4 Å².